The molecule has 4 heteroatoms. The summed E-state index contributed by atoms with van der Waals surface area (Å²) in [6, 6.07) is 5.93. The van der Waals surface area contributed by atoms with E-state index in [-0.39, 0.29) is 6.10 Å². The molecule has 1 unspecified atom stereocenters. The van der Waals surface area contributed by atoms with E-state index < -0.39 is 0 Å². The smallest absolute Gasteiger partial charge is 0.134 e. The predicted molar refractivity (Wildman–Crippen MR) is 75.1 cm³/mol. The average Bonchev–Trinajstić information content (AvgIpc) is 2.23. The highest BCUT2D eigenvalue weighted by Crippen LogP contribution is 2.28. The largest absolute Gasteiger partial charge is 0.488 e. The second-order valence-corrected chi connectivity index (χ2v) is 5.48. The summed E-state index contributed by atoms with van der Waals surface area (Å²) < 4.78 is 7.84. The normalized spacial score (nSPS) is 12.5. The van der Waals surface area contributed by atoms with Crippen LogP contribution in [0, 0.1) is 0 Å². The van der Waals surface area contributed by atoms with Gasteiger partial charge in [-0.1, -0.05) is 22.9 Å². The molecule has 90 valence electrons. The highest BCUT2D eigenvalue weighted by molar-refractivity contribution is 9.11. The quantitative estimate of drug-likeness (QED) is 0.783. The molecule has 0 fully saturated rings. The van der Waals surface area contributed by atoms with Crippen molar-refractivity contribution in [3.05, 3.63) is 27.1 Å². The Balaban J connectivity index is 2.46. The number of hydrogen-bond acceptors (Lipinski definition) is 2. The van der Waals surface area contributed by atoms with E-state index in [0.717, 1.165) is 34.2 Å². The Kier molecular flexibility index (Phi) is 6.39. The molecule has 0 saturated heterocycles. The first-order chi connectivity index (χ1) is 7.63. The van der Waals surface area contributed by atoms with Crippen LogP contribution in [0.1, 0.15) is 20.3 Å². The number of ether oxygens (including phenoxy) is 1. The van der Waals surface area contributed by atoms with E-state index in [0.29, 0.717) is 0 Å². The Morgan fingerprint density at radius 1 is 1.38 bits per heavy atom. The van der Waals surface area contributed by atoms with E-state index in [1.807, 2.05) is 18.2 Å². The maximum atomic E-state index is 5.82. The molecule has 1 aromatic rings. The van der Waals surface area contributed by atoms with Gasteiger partial charge in [-0.25, -0.2) is 0 Å². The van der Waals surface area contributed by atoms with Gasteiger partial charge in [-0.2, -0.15) is 0 Å². The van der Waals surface area contributed by atoms with E-state index in [4.69, 9.17) is 4.74 Å². The minimum Gasteiger partial charge on any atom is -0.488 e. The first-order valence-electron chi connectivity index (χ1n) is 5.46. The molecule has 1 N–H and O–H groups in total. The number of rotatable bonds is 6. The molecule has 16 heavy (non-hydrogen) atoms. The zero-order valence-corrected chi connectivity index (χ0v) is 12.8. The second-order valence-electron chi connectivity index (χ2n) is 3.71. The minimum atomic E-state index is 0.170. The Morgan fingerprint density at radius 3 is 2.75 bits per heavy atom. The molecule has 1 rings (SSSR count). The molecule has 0 saturated carbocycles. The van der Waals surface area contributed by atoms with Gasteiger partial charge >= 0.3 is 0 Å². The van der Waals surface area contributed by atoms with Gasteiger partial charge in [0, 0.05) is 11.0 Å². The lowest BCUT2D eigenvalue weighted by Crippen LogP contribution is -2.29. The standard InChI is InChI=1S/C12H17Br2NO/c1-3-6-15-8-9(2)16-12-5-4-10(13)7-11(12)14/h4-5,7,9,15H,3,6,8H2,1-2H3. The number of nitrogens with one attached hydrogen (secondary N) is 1. The van der Waals surface area contributed by atoms with Crippen molar-refractivity contribution in [3.63, 3.8) is 0 Å². The van der Waals surface area contributed by atoms with Crippen molar-refractivity contribution in [2.45, 2.75) is 26.4 Å². The average molecular weight is 351 g/mol. The van der Waals surface area contributed by atoms with Crippen LogP contribution in [0.4, 0.5) is 0 Å². The summed E-state index contributed by atoms with van der Waals surface area (Å²) >= 11 is 6.90. The molecule has 0 heterocycles. The van der Waals surface area contributed by atoms with Crippen molar-refractivity contribution in [1.82, 2.24) is 5.32 Å². The van der Waals surface area contributed by atoms with Crippen LogP contribution in [0.2, 0.25) is 0 Å². The third kappa shape index (κ3) is 4.85. The van der Waals surface area contributed by atoms with Crippen molar-refractivity contribution in [3.8, 4) is 5.75 Å². The molecule has 1 aromatic carbocycles. The molecule has 0 aliphatic rings. The summed E-state index contributed by atoms with van der Waals surface area (Å²) in [6.45, 7) is 6.13. The SMILES string of the molecule is CCCNCC(C)Oc1ccc(Br)cc1Br. The van der Waals surface area contributed by atoms with E-state index in [1.165, 1.54) is 0 Å². The van der Waals surface area contributed by atoms with Gasteiger partial charge in [0.25, 0.3) is 0 Å². The van der Waals surface area contributed by atoms with Crippen LogP contribution in [0.5, 0.6) is 5.75 Å². The van der Waals surface area contributed by atoms with Crippen molar-refractivity contribution in [2.24, 2.45) is 0 Å². The van der Waals surface area contributed by atoms with Crippen LogP contribution in [0.3, 0.4) is 0 Å². The third-order valence-corrected chi connectivity index (χ3v) is 3.19. The number of hydrogen-bond donors (Lipinski definition) is 1. The van der Waals surface area contributed by atoms with E-state index in [2.05, 4.69) is 51.0 Å². The molecule has 0 bridgehead atoms. The summed E-state index contributed by atoms with van der Waals surface area (Å²) in [7, 11) is 0. The van der Waals surface area contributed by atoms with Gasteiger partial charge in [0.15, 0.2) is 0 Å². The lowest BCUT2D eigenvalue weighted by molar-refractivity contribution is 0.216. The summed E-state index contributed by atoms with van der Waals surface area (Å²) in [5.74, 6) is 0.883. The molecule has 0 aromatic heterocycles. The van der Waals surface area contributed by atoms with E-state index in [9.17, 15) is 0 Å². The molecular weight excluding hydrogens is 334 g/mol. The molecule has 1 atom stereocenters. The van der Waals surface area contributed by atoms with Gasteiger partial charge in [0.2, 0.25) is 0 Å². The fourth-order valence-corrected chi connectivity index (χ4v) is 2.45. The van der Waals surface area contributed by atoms with Gasteiger partial charge in [0.05, 0.1) is 4.47 Å². The van der Waals surface area contributed by atoms with Crippen molar-refractivity contribution >= 4 is 31.9 Å². The molecule has 0 radical (unpaired) electrons. The molecular formula is C12H17Br2NO. The molecule has 0 aliphatic carbocycles. The predicted octanol–water partition coefficient (Wildman–Crippen LogP) is 3.98. The van der Waals surface area contributed by atoms with E-state index >= 15 is 0 Å². The Bertz CT molecular complexity index is 331. The molecule has 2 nitrogen and oxygen atoms in total. The van der Waals surface area contributed by atoms with Crippen LogP contribution >= 0.6 is 31.9 Å². The highest BCUT2D eigenvalue weighted by atomic mass is 79.9. The van der Waals surface area contributed by atoms with Crippen molar-refractivity contribution in [2.75, 3.05) is 13.1 Å². The number of halogens is 2. The van der Waals surface area contributed by atoms with Gasteiger partial charge in [-0.15, -0.1) is 0 Å². The molecule has 0 amide bonds. The maximum absolute atomic E-state index is 5.82. The van der Waals surface area contributed by atoms with Gasteiger partial charge in [-0.3, -0.25) is 0 Å². The fraction of sp³-hybridized carbons (Fsp3) is 0.500. The summed E-state index contributed by atoms with van der Waals surface area (Å²) in [5, 5.41) is 3.34. The Labute approximate surface area is 114 Å². The highest BCUT2D eigenvalue weighted by Gasteiger charge is 2.06. The Hall–Kier alpha value is -0.0600. The number of benzene rings is 1. The van der Waals surface area contributed by atoms with Crippen molar-refractivity contribution < 1.29 is 4.74 Å². The lowest BCUT2D eigenvalue weighted by Gasteiger charge is -2.16. The first kappa shape index (κ1) is 14.0. The molecule has 0 spiro atoms. The van der Waals surface area contributed by atoms with Gasteiger partial charge in [-0.05, 0) is 54.0 Å². The van der Waals surface area contributed by atoms with Gasteiger partial charge < -0.3 is 10.1 Å². The van der Waals surface area contributed by atoms with Crippen LogP contribution in [-0.4, -0.2) is 19.2 Å². The van der Waals surface area contributed by atoms with Crippen LogP contribution in [-0.2, 0) is 0 Å². The summed E-state index contributed by atoms with van der Waals surface area (Å²) in [6.07, 6.45) is 1.32. The third-order valence-electron chi connectivity index (χ3n) is 2.08. The summed E-state index contributed by atoms with van der Waals surface area (Å²) in [5.41, 5.74) is 0. The van der Waals surface area contributed by atoms with Crippen LogP contribution in [0.25, 0.3) is 0 Å². The summed E-state index contributed by atoms with van der Waals surface area (Å²) in [4.78, 5) is 0. The Morgan fingerprint density at radius 2 is 2.12 bits per heavy atom. The fourth-order valence-electron chi connectivity index (χ4n) is 1.31. The van der Waals surface area contributed by atoms with Gasteiger partial charge in [0.1, 0.15) is 11.9 Å². The van der Waals surface area contributed by atoms with Crippen molar-refractivity contribution in [1.29, 1.82) is 0 Å². The van der Waals surface area contributed by atoms with E-state index in [1.54, 1.807) is 0 Å². The second kappa shape index (κ2) is 7.30. The van der Waals surface area contributed by atoms with Crippen LogP contribution in [0.15, 0.2) is 27.1 Å². The first-order valence-corrected chi connectivity index (χ1v) is 7.04. The maximum Gasteiger partial charge on any atom is 0.134 e. The zero-order valence-electron chi connectivity index (χ0n) is 9.59. The lowest BCUT2D eigenvalue weighted by atomic mass is 10.3. The zero-order chi connectivity index (χ0) is 12.0. The minimum absolute atomic E-state index is 0.170. The monoisotopic (exact) mass is 349 g/mol. The van der Waals surface area contributed by atoms with Crippen LogP contribution < -0.4 is 10.1 Å². The molecule has 0 aliphatic heterocycles. The topological polar surface area (TPSA) is 21.3 Å².